The molecule has 0 N–H and O–H groups in total. The second-order valence-electron chi connectivity index (χ2n) is 4.85. The van der Waals surface area contributed by atoms with E-state index in [1.165, 1.54) is 5.56 Å². The molecule has 0 bridgehead atoms. The van der Waals surface area contributed by atoms with Crippen molar-refractivity contribution in [1.82, 2.24) is 0 Å². The van der Waals surface area contributed by atoms with Crippen molar-refractivity contribution in [2.75, 3.05) is 12.9 Å². The fourth-order valence-corrected chi connectivity index (χ4v) is 2.30. The zero-order chi connectivity index (χ0) is 15.3. The lowest BCUT2D eigenvalue weighted by Crippen LogP contribution is -2.06. The van der Waals surface area contributed by atoms with Gasteiger partial charge >= 0.3 is 10.1 Å². The first-order chi connectivity index (χ1) is 9.92. The van der Waals surface area contributed by atoms with Gasteiger partial charge in [-0.15, -0.1) is 0 Å². The van der Waals surface area contributed by atoms with Gasteiger partial charge in [-0.2, -0.15) is 8.42 Å². The Morgan fingerprint density at radius 2 is 1.71 bits per heavy atom. The number of hydrogen-bond acceptors (Lipinski definition) is 4. The van der Waals surface area contributed by atoms with Crippen LogP contribution in [0.4, 0.5) is 0 Å². The Kier molecular flexibility index (Phi) is 4.85. The first-order valence-electron chi connectivity index (χ1n) is 6.60. The maximum Gasteiger partial charge on any atom is 0.306 e. The molecule has 0 unspecified atom stereocenters. The highest BCUT2D eigenvalue weighted by atomic mass is 32.2. The quantitative estimate of drug-likeness (QED) is 0.770. The summed E-state index contributed by atoms with van der Waals surface area (Å²) in [4.78, 5) is 0. The topological polar surface area (TPSA) is 52.6 Å². The van der Waals surface area contributed by atoms with Crippen LogP contribution in [0.25, 0.3) is 0 Å². The number of hydrogen-bond donors (Lipinski definition) is 0. The fourth-order valence-electron chi connectivity index (χ4n) is 1.85. The smallest absolute Gasteiger partial charge is 0.306 e. The minimum atomic E-state index is -3.49. The lowest BCUT2D eigenvalue weighted by molar-refractivity contribution is 0.322. The summed E-state index contributed by atoms with van der Waals surface area (Å²) in [5.74, 6) is 1.15. The lowest BCUT2D eigenvalue weighted by atomic mass is 10.1. The molecule has 0 amide bonds. The van der Waals surface area contributed by atoms with E-state index in [9.17, 15) is 8.42 Å². The van der Waals surface area contributed by atoms with Gasteiger partial charge in [-0.1, -0.05) is 29.8 Å². The highest BCUT2D eigenvalue weighted by molar-refractivity contribution is 7.86. The number of benzene rings is 2. The molecule has 2 rings (SSSR count). The van der Waals surface area contributed by atoms with E-state index in [2.05, 4.69) is 0 Å². The summed E-state index contributed by atoms with van der Waals surface area (Å²) in [6.45, 7) is 2.54. The molecule has 2 aromatic rings. The average molecular weight is 306 g/mol. The van der Waals surface area contributed by atoms with E-state index >= 15 is 0 Å². The molecule has 0 atom stereocenters. The van der Waals surface area contributed by atoms with E-state index in [4.69, 9.17) is 8.92 Å². The lowest BCUT2D eigenvalue weighted by Gasteiger charge is -2.08. The molecule has 21 heavy (non-hydrogen) atoms. The van der Waals surface area contributed by atoms with Crippen molar-refractivity contribution in [3.05, 3.63) is 59.7 Å². The van der Waals surface area contributed by atoms with Gasteiger partial charge in [-0.05, 0) is 36.8 Å². The van der Waals surface area contributed by atoms with Crippen LogP contribution in [0.3, 0.4) is 0 Å². The second kappa shape index (κ2) is 6.63. The van der Waals surface area contributed by atoms with Gasteiger partial charge in [0.1, 0.15) is 11.5 Å². The first kappa shape index (κ1) is 15.4. The van der Waals surface area contributed by atoms with Crippen LogP contribution < -0.4 is 8.92 Å². The van der Waals surface area contributed by atoms with Crippen LogP contribution in [0.15, 0.2) is 48.5 Å². The summed E-state index contributed by atoms with van der Waals surface area (Å²) < 4.78 is 32.7. The summed E-state index contributed by atoms with van der Waals surface area (Å²) >= 11 is 0. The molecule has 0 saturated carbocycles. The monoisotopic (exact) mass is 306 g/mol. The van der Waals surface area contributed by atoms with Gasteiger partial charge in [-0.3, -0.25) is 0 Å². The number of ether oxygens (including phenoxy) is 1. The van der Waals surface area contributed by atoms with Gasteiger partial charge in [-0.25, -0.2) is 0 Å². The Morgan fingerprint density at radius 1 is 1.00 bits per heavy atom. The SMILES string of the molecule is Cc1ccc(OCCc2cccc(OS(C)(=O)=O)c2)cc1. The summed E-state index contributed by atoms with van der Waals surface area (Å²) in [5, 5.41) is 0. The predicted octanol–water partition coefficient (Wildman–Crippen LogP) is 2.95. The first-order valence-corrected chi connectivity index (χ1v) is 8.42. The maximum absolute atomic E-state index is 11.1. The third-order valence-electron chi connectivity index (χ3n) is 2.83. The summed E-state index contributed by atoms with van der Waals surface area (Å²) in [6, 6.07) is 14.9. The summed E-state index contributed by atoms with van der Waals surface area (Å²) in [7, 11) is -3.49. The fraction of sp³-hybridized carbons (Fsp3) is 0.250. The van der Waals surface area contributed by atoms with E-state index in [0.717, 1.165) is 17.6 Å². The Hall–Kier alpha value is -2.01. The Labute approximate surface area is 125 Å². The van der Waals surface area contributed by atoms with E-state index in [1.807, 2.05) is 37.3 Å². The van der Waals surface area contributed by atoms with Crippen molar-refractivity contribution in [1.29, 1.82) is 0 Å². The molecule has 0 spiro atoms. The van der Waals surface area contributed by atoms with Crippen LogP contribution in [0, 0.1) is 6.92 Å². The molecule has 0 saturated heterocycles. The van der Waals surface area contributed by atoms with Gasteiger partial charge in [0.25, 0.3) is 0 Å². The summed E-state index contributed by atoms with van der Waals surface area (Å²) in [6.07, 6.45) is 1.70. The molecule has 0 aliphatic heterocycles. The third kappa shape index (κ3) is 5.47. The van der Waals surface area contributed by atoms with Crippen molar-refractivity contribution in [3.8, 4) is 11.5 Å². The molecule has 112 valence electrons. The minimum absolute atomic E-state index is 0.324. The average Bonchev–Trinajstić information content (AvgIpc) is 2.39. The van der Waals surface area contributed by atoms with Gasteiger partial charge in [0.15, 0.2) is 0 Å². The zero-order valence-electron chi connectivity index (χ0n) is 12.1. The molecule has 5 heteroatoms. The Bertz CT molecular complexity index is 690. The summed E-state index contributed by atoms with van der Waals surface area (Å²) in [5.41, 5.74) is 2.15. The Balaban J connectivity index is 1.91. The van der Waals surface area contributed by atoms with Crippen molar-refractivity contribution in [3.63, 3.8) is 0 Å². The molecule has 0 aliphatic rings. The molecular weight excluding hydrogens is 288 g/mol. The molecule has 0 radical (unpaired) electrons. The molecule has 0 aliphatic carbocycles. The van der Waals surface area contributed by atoms with Crippen LogP contribution >= 0.6 is 0 Å². The second-order valence-corrected chi connectivity index (χ2v) is 6.42. The van der Waals surface area contributed by atoms with Crippen LogP contribution in [0.1, 0.15) is 11.1 Å². The molecule has 0 aromatic heterocycles. The zero-order valence-corrected chi connectivity index (χ0v) is 12.9. The Morgan fingerprint density at radius 3 is 2.38 bits per heavy atom. The maximum atomic E-state index is 11.1. The highest BCUT2D eigenvalue weighted by Gasteiger charge is 2.05. The van der Waals surface area contributed by atoms with Gasteiger partial charge in [0.2, 0.25) is 0 Å². The van der Waals surface area contributed by atoms with Crippen molar-refractivity contribution >= 4 is 10.1 Å². The number of rotatable bonds is 6. The third-order valence-corrected chi connectivity index (χ3v) is 3.32. The molecule has 2 aromatic carbocycles. The van der Waals surface area contributed by atoms with Crippen LogP contribution in [0.5, 0.6) is 11.5 Å². The molecule has 0 fully saturated rings. The van der Waals surface area contributed by atoms with Crippen LogP contribution in [-0.4, -0.2) is 21.3 Å². The van der Waals surface area contributed by atoms with Gasteiger partial charge in [0.05, 0.1) is 12.9 Å². The molecular formula is C16H18O4S. The van der Waals surface area contributed by atoms with Gasteiger partial charge in [0, 0.05) is 6.42 Å². The van der Waals surface area contributed by atoms with Crippen molar-refractivity contribution < 1.29 is 17.3 Å². The molecule has 4 nitrogen and oxygen atoms in total. The number of aryl methyl sites for hydroxylation is 1. The van der Waals surface area contributed by atoms with E-state index < -0.39 is 10.1 Å². The van der Waals surface area contributed by atoms with E-state index in [-0.39, 0.29) is 0 Å². The minimum Gasteiger partial charge on any atom is -0.493 e. The van der Waals surface area contributed by atoms with Crippen LogP contribution in [-0.2, 0) is 16.5 Å². The normalized spacial score (nSPS) is 11.1. The van der Waals surface area contributed by atoms with Crippen molar-refractivity contribution in [2.45, 2.75) is 13.3 Å². The van der Waals surface area contributed by atoms with E-state index in [0.29, 0.717) is 18.8 Å². The largest absolute Gasteiger partial charge is 0.493 e. The van der Waals surface area contributed by atoms with Crippen LogP contribution in [0.2, 0.25) is 0 Å². The van der Waals surface area contributed by atoms with Crippen molar-refractivity contribution in [2.24, 2.45) is 0 Å². The molecule has 0 heterocycles. The standard InChI is InChI=1S/C16H18O4S/c1-13-6-8-15(9-7-13)19-11-10-14-4-3-5-16(12-14)20-21(2,17)18/h3-9,12H,10-11H2,1-2H3. The predicted molar refractivity (Wildman–Crippen MR) is 82.3 cm³/mol. The van der Waals surface area contributed by atoms with Gasteiger partial charge < -0.3 is 8.92 Å². The highest BCUT2D eigenvalue weighted by Crippen LogP contribution is 2.16. The van der Waals surface area contributed by atoms with E-state index in [1.54, 1.807) is 18.2 Å².